The Labute approximate surface area is 108 Å². The van der Waals surface area contributed by atoms with Gasteiger partial charge in [0, 0.05) is 17.8 Å². The van der Waals surface area contributed by atoms with Crippen LogP contribution < -0.4 is 5.32 Å². The fourth-order valence-electron chi connectivity index (χ4n) is 2.40. The standard InChI is InChI=1S/C12H22N4S/c1-3-8-16-12(9-13-15-16)14-10-4-6-11(17-2)7-5-10/h9-11,14H,3-8H2,1-2H3. The fraction of sp³-hybridized carbons (Fsp3) is 0.833. The van der Waals surface area contributed by atoms with Gasteiger partial charge in [-0.1, -0.05) is 12.1 Å². The van der Waals surface area contributed by atoms with E-state index in [0.717, 1.165) is 24.0 Å². The molecule has 0 unspecified atom stereocenters. The Hall–Kier alpha value is -0.710. The van der Waals surface area contributed by atoms with E-state index in [4.69, 9.17) is 0 Å². The van der Waals surface area contributed by atoms with Crippen molar-refractivity contribution in [3.63, 3.8) is 0 Å². The van der Waals surface area contributed by atoms with Crippen molar-refractivity contribution in [1.82, 2.24) is 15.0 Å². The van der Waals surface area contributed by atoms with Crippen LogP contribution in [0.15, 0.2) is 6.20 Å². The molecule has 1 N–H and O–H groups in total. The summed E-state index contributed by atoms with van der Waals surface area (Å²) < 4.78 is 1.97. The molecule has 0 atom stereocenters. The lowest BCUT2D eigenvalue weighted by atomic mass is 9.95. The smallest absolute Gasteiger partial charge is 0.145 e. The van der Waals surface area contributed by atoms with Gasteiger partial charge in [0.25, 0.3) is 0 Å². The molecule has 5 heteroatoms. The molecule has 0 amide bonds. The highest BCUT2D eigenvalue weighted by Crippen LogP contribution is 2.28. The summed E-state index contributed by atoms with van der Waals surface area (Å²) in [6, 6.07) is 0.604. The number of nitrogens with zero attached hydrogens (tertiary/aromatic N) is 3. The summed E-state index contributed by atoms with van der Waals surface area (Å²) in [7, 11) is 0. The molecule has 0 saturated heterocycles. The first-order valence-corrected chi connectivity index (χ1v) is 7.80. The SMILES string of the molecule is CCCn1nncc1NC1CCC(SC)CC1. The van der Waals surface area contributed by atoms with Crippen LogP contribution in [0.1, 0.15) is 39.0 Å². The van der Waals surface area contributed by atoms with Crippen LogP contribution in [0.2, 0.25) is 0 Å². The van der Waals surface area contributed by atoms with E-state index in [1.807, 2.05) is 22.6 Å². The Balaban J connectivity index is 1.86. The van der Waals surface area contributed by atoms with Gasteiger partial charge in [-0.05, 0) is 38.4 Å². The largest absolute Gasteiger partial charge is 0.366 e. The third-order valence-electron chi connectivity index (χ3n) is 3.41. The Kier molecular flexibility index (Phi) is 4.71. The first-order chi connectivity index (χ1) is 8.33. The summed E-state index contributed by atoms with van der Waals surface area (Å²) in [5.74, 6) is 1.08. The highest BCUT2D eigenvalue weighted by molar-refractivity contribution is 7.99. The number of aryl methyl sites for hydroxylation is 1. The zero-order chi connectivity index (χ0) is 12.1. The van der Waals surface area contributed by atoms with Crippen LogP contribution in [-0.2, 0) is 6.54 Å². The molecule has 1 aliphatic rings. The van der Waals surface area contributed by atoms with Crippen LogP contribution >= 0.6 is 11.8 Å². The van der Waals surface area contributed by atoms with E-state index in [9.17, 15) is 0 Å². The monoisotopic (exact) mass is 254 g/mol. The second-order valence-corrected chi connectivity index (χ2v) is 5.83. The van der Waals surface area contributed by atoms with E-state index in [1.165, 1.54) is 25.7 Å². The van der Waals surface area contributed by atoms with Crippen LogP contribution in [0.25, 0.3) is 0 Å². The first kappa shape index (κ1) is 12.7. The predicted molar refractivity (Wildman–Crippen MR) is 73.5 cm³/mol. The molecule has 0 bridgehead atoms. The van der Waals surface area contributed by atoms with E-state index >= 15 is 0 Å². The number of nitrogens with one attached hydrogen (secondary N) is 1. The van der Waals surface area contributed by atoms with Crippen molar-refractivity contribution in [1.29, 1.82) is 0 Å². The van der Waals surface area contributed by atoms with Gasteiger partial charge in [-0.15, -0.1) is 5.10 Å². The maximum atomic E-state index is 4.10. The molecule has 17 heavy (non-hydrogen) atoms. The maximum absolute atomic E-state index is 4.10. The van der Waals surface area contributed by atoms with Gasteiger partial charge in [0.05, 0.1) is 6.20 Å². The van der Waals surface area contributed by atoms with Crippen LogP contribution in [0.3, 0.4) is 0 Å². The molecule has 1 aromatic rings. The Morgan fingerprint density at radius 3 is 2.82 bits per heavy atom. The molecule has 1 saturated carbocycles. The Morgan fingerprint density at radius 2 is 2.18 bits per heavy atom. The number of thioether (sulfide) groups is 1. The number of hydrogen-bond acceptors (Lipinski definition) is 4. The fourth-order valence-corrected chi connectivity index (χ4v) is 3.14. The summed E-state index contributed by atoms with van der Waals surface area (Å²) in [5.41, 5.74) is 0. The summed E-state index contributed by atoms with van der Waals surface area (Å²) in [6.45, 7) is 3.11. The lowest BCUT2D eigenvalue weighted by Gasteiger charge is -2.28. The molecule has 1 aliphatic carbocycles. The van der Waals surface area contributed by atoms with Gasteiger partial charge in [0.2, 0.25) is 0 Å². The summed E-state index contributed by atoms with van der Waals surface area (Å²) in [5, 5.41) is 12.5. The van der Waals surface area contributed by atoms with Gasteiger partial charge in [-0.3, -0.25) is 0 Å². The first-order valence-electron chi connectivity index (χ1n) is 6.51. The molecule has 4 nitrogen and oxygen atoms in total. The molecule has 0 aliphatic heterocycles. The highest BCUT2D eigenvalue weighted by Gasteiger charge is 2.21. The number of aromatic nitrogens is 3. The molecule has 1 heterocycles. The second kappa shape index (κ2) is 6.28. The van der Waals surface area contributed by atoms with Gasteiger partial charge < -0.3 is 5.32 Å². The molecule has 96 valence electrons. The number of hydrogen-bond donors (Lipinski definition) is 1. The zero-order valence-electron chi connectivity index (χ0n) is 10.7. The quantitative estimate of drug-likeness (QED) is 0.877. The number of anilines is 1. The molecule has 2 rings (SSSR count). The molecule has 1 aromatic heterocycles. The third-order valence-corrected chi connectivity index (χ3v) is 4.55. The maximum Gasteiger partial charge on any atom is 0.145 e. The van der Waals surface area contributed by atoms with Gasteiger partial charge in [0.1, 0.15) is 5.82 Å². The zero-order valence-corrected chi connectivity index (χ0v) is 11.5. The van der Waals surface area contributed by atoms with Crippen LogP contribution in [-0.4, -0.2) is 32.5 Å². The summed E-state index contributed by atoms with van der Waals surface area (Å²) in [4.78, 5) is 0. The van der Waals surface area contributed by atoms with Crippen molar-refractivity contribution >= 4 is 17.6 Å². The van der Waals surface area contributed by atoms with Gasteiger partial charge >= 0.3 is 0 Å². The molecule has 0 radical (unpaired) electrons. The van der Waals surface area contributed by atoms with Crippen LogP contribution in [0.4, 0.5) is 5.82 Å². The van der Waals surface area contributed by atoms with Crippen LogP contribution in [0.5, 0.6) is 0 Å². The highest BCUT2D eigenvalue weighted by atomic mass is 32.2. The van der Waals surface area contributed by atoms with E-state index in [2.05, 4.69) is 28.8 Å². The van der Waals surface area contributed by atoms with E-state index in [1.54, 1.807) is 0 Å². The van der Waals surface area contributed by atoms with Gasteiger partial charge in [-0.25, -0.2) is 4.68 Å². The van der Waals surface area contributed by atoms with Gasteiger partial charge in [0.15, 0.2) is 0 Å². The Bertz CT molecular complexity index is 331. The minimum absolute atomic E-state index is 0.604. The van der Waals surface area contributed by atoms with Crippen molar-refractivity contribution in [3.05, 3.63) is 6.20 Å². The minimum atomic E-state index is 0.604. The molecule has 0 aromatic carbocycles. The summed E-state index contributed by atoms with van der Waals surface area (Å²) in [6.07, 6.45) is 10.3. The minimum Gasteiger partial charge on any atom is -0.366 e. The molecular weight excluding hydrogens is 232 g/mol. The molecular formula is C12H22N4S. The average molecular weight is 254 g/mol. The lowest BCUT2D eigenvalue weighted by Crippen LogP contribution is -2.28. The average Bonchev–Trinajstić information content (AvgIpc) is 2.78. The molecule has 0 spiro atoms. The normalized spacial score (nSPS) is 24.8. The van der Waals surface area contributed by atoms with Gasteiger partial charge in [-0.2, -0.15) is 11.8 Å². The lowest BCUT2D eigenvalue weighted by molar-refractivity contribution is 0.467. The second-order valence-electron chi connectivity index (χ2n) is 4.70. The topological polar surface area (TPSA) is 42.7 Å². The van der Waals surface area contributed by atoms with Crippen molar-refractivity contribution in [2.24, 2.45) is 0 Å². The third kappa shape index (κ3) is 3.37. The van der Waals surface area contributed by atoms with Crippen molar-refractivity contribution in [2.45, 2.75) is 56.9 Å². The van der Waals surface area contributed by atoms with Crippen LogP contribution in [0, 0.1) is 0 Å². The number of rotatable bonds is 5. The molecule has 1 fully saturated rings. The van der Waals surface area contributed by atoms with Crippen molar-refractivity contribution in [2.75, 3.05) is 11.6 Å². The van der Waals surface area contributed by atoms with Crippen molar-refractivity contribution < 1.29 is 0 Å². The van der Waals surface area contributed by atoms with E-state index in [0.29, 0.717) is 6.04 Å². The van der Waals surface area contributed by atoms with Crippen molar-refractivity contribution in [3.8, 4) is 0 Å². The van der Waals surface area contributed by atoms with E-state index < -0.39 is 0 Å². The van der Waals surface area contributed by atoms with E-state index in [-0.39, 0.29) is 0 Å². The summed E-state index contributed by atoms with van der Waals surface area (Å²) >= 11 is 2.01. The Morgan fingerprint density at radius 1 is 1.41 bits per heavy atom. The predicted octanol–water partition coefficient (Wildman–Crippen LogP) is 2.77.